The first-order chi connectivity index (χ1) is 12.0. The van der Waals surface area contributed by atoms with Crippen LogP contribution in [0.2, 0.25) is 5.02 Å². The minimum atomic E-state index is -0.170. The van der Waals surface area contributed by atoms with Crippen molar-refractivity contribution in [3.8, 4) is 5.75 Å². The Morgan fingerprint density at radius 1 is 1.20 bits per heavy atom. The first-order valence-corrected chi connectivity index (χ1v) is 8.72. The molecule has 0 aliphatic heterocycles. The van der Waals surface area contributed by atoms with Gasteiger partial charge in [0, 0.05) is 18.1 Å². The third-order valence-electron chi connectivity index (χ3n) is 3.71. The van der Waals surface area contributed by atoms with E-state index in [4.69, 9.17) is 16.3 Å². The molecule has 2 aromatic carbocycles. The number of nitrogens with zero attached hydrogens (tertiary/aromatic N) is 1. The zero-order valence-corrected chi connectivity index (χ0v) is 15.7. The lowest BCUT2D eigenvalue weighted by molar-refractivity contribution is 0.0941. The van der Waals surface area contributed by atoms with Crippen molar-refractivity contribution in [1.29, 1.82) is 0 Å². The minimum Gasteiger partial charge on any atom is -0.488 e. The molecule has 1 unspecified atom stereocenters. The van der Waals surface area contributed by atoms with E-state index >= 15 is 0 Å². The van der Waals surface area contributed by atoms with Crippen LogP contribution in [0.4, 0.5) is 0 Å². The fraction of sp³-hybridized carbons (Fsp3) is 0.350. The van der Waals surface area contributed by atoms with Crippen molar-refractivity contribution < 1.29 is 9.53 Å². The quantitative estimate of drug-likeness (QED) is 0.777. The lowest BCUT2D eigenvalue weighted by Gasteiger charge is -2.18. The van der Waals surface area contributed by atoms with Crippen molar-refractivity contribution >= 4 is 17.5 Å². The van der Waals surface area contributed by atoms with Crippen LogP contribution >= 0.6 is 11.6 Å². The highest BCUT2D eigenvalue weighted by molar-refractivity contribution is 6.31. The summed E-state index contributed by atoms with van der Waals surface area (Å²) >= 11 is 6.07. The molecule has 0 aliphatic rings. The Bertz CT molecular complexity index is 689. The zero-order chi connectivity index (χ0) is 18.2. The Balaban J connectivity index is 2.03. The number of nitrogens with one attached hydrogen (secondary N) is 1. The van der Waals surface area contributed by atoms with Crippen LogP contribution in [-0.4, -0.2) is 38.0 Å². The summed E-state index contributed by atoms with van der Waals surface area (Å²) in [7, 11) is 4.04. The second-order valence-electron chi connectivity index (χ2n) is 6.49. The molecule has 0 bridgehead atoms. The number of hydrogen-bond acceptors (Lipinski definition) is 3. The number of carbonyl (C=O) groups is 1. The van der Waals surface area contributed by atoms with E-state index in [9.17, 15) is 4.79 Å². The van der Waals surface area contributed by atoms with Crippen molar-refractivity contribution in [3.63, 3.8) is 0 Å². The predicted octanol–water partition coefficient (Wildman–Crippen LogP) is 3.85. The summed E-state index contributed by atoms with van der Waals surface area (Å²) in [6.45, 7) is 4.01. The predicted molar refractivity (Wildman–Crippen MR) is 102 cm³/mol. The maximum absolute atomic E-state index is 12.6. The summed E-state index contributed by atoms with van der Waals surface area (Å²) < 4.78 is 5.84. The number of carbonyl (C=O) groups excluding carboxylic acids is 1. The van der Waals surface area contributed by atoms with E-state index in [-0.39, 0.29) is 5.91 Å². The van der Waals surface area contributed by atoms with Gasteiger partial charge in [0.1, 0.15) is 12.4 Å². The van der Waals surface area contributed by atoms with E-state index < -0.39 is 0 Å². The number of halogens is 1. The maximum atomic E-state index is 12.6. The van der Waals surface area contributed by atoms with Crippen molar-refractivity contribution in [2.45, 2.75) is 13.5 Å². The van der Waals surface area contributed by atoms with Gasteiger partial charge in [-0.25, -0.2) is 0 Å². The summed E-state index contributed by atoms with van der Waals surface area (Å²) in [6, 6.07) is 15.0. The van der Waals surface area contributed by atoms with E-state index in [2.05, 4.69) is 17.1 Å². The van der Waals surface area contributed by atoms with Crippen molar-refractivity contribution in [1.82, 2.24) is 10.2 Å². The van der Waals surface area contributed by atoms with Gasteiger partial charge in [-0.3, -0.25) is 4.79 Å². The largest absolute Gasteiger partial charge is 0.488 e. The molecule has 0 spiro atoms. The van der Waals surface area contributed by atoms with E-state index in [0.717, 1.165) is 12.1 Å². The van der Waals surface area contributed by atoms with Crippen LogP contribution < -0.4 is 10.1 Å². The van der Waals surface area contributed by atoms with Crippen LogP contribution in [-0.2, 0) is 6.61 Å². The molecule has 0 saturated carbocycles. The Morgan fingerprint density at radius 2 is 1.92 bits per heavy atom. The number of benzene rings is 2. The van der Waals surface area contributed by atoms with Crippen LogP contribution in [0.5, 0.6) is 5.75 Å². The number of ether oxygens (including phenoxy) is 1. The van der Waals surface area contributed by atoms with Crippen LogP contribution in [0, 0.1) is 5.92 Å². The van der Waals surface area contributed by atoms with E-state index in [1.165, 1.54) is 0 Å². The molecular weight excluding hydrogens is 336 g/mol. The maximum Gasteiger partial charge on any atom is 0.255 e. The van der Waals surface area contributed by atoms with Gasteiger partial charge in [0.15, 0.2) is 0 Å². The van der Waals surface area contributed by atoms with Gasteiger partial charge in [0.2, 0.25) is 0 Å². The highest BCUT2D eigenvalue weighted by atomic mass is 35.5. The van der Waals surface area contributed by atoms with E-state index in [1.807, 2.05) is 44.4 Å². The average molecular weight is 361 g/mol. The normalized spacial score (nSPS) is 12.0. The molecule has 0 radical (unpaired) electrons. The lowest BCUT2D eigenvalue weighted by Crippen LogP contribution is -2.33. The number of rotatable bonds is 8. The topological polar surface area (TPSA) is 41.6 Å². The first-order valence-electron chi connectivity index (χ1n) is 8.35. The molecule has 25 heavy (non-hydrogen) atoms. The molecule has 2 rings (SSSR count). The van der Waals surface area contributed by atoms with Crippen LogP contribution in [0.3, 0.4) is 0 Å². The van der Waals surface area contributed by atoms with Gasteiger partial charge < -0.3 is 15.0 Å². The monoisotopic (exact) mass is 360 g/mol. The van der Waals surface area contributed by atoms with Gasteiger partial charge in [-0.1, -0.05) is 48.9 Å². The SMILES string of the molecule is CC(CNC(=O)c1cc(Cl)ccc1OCc1ccccc1)CN(C)C. The summed E-state index contributed by atoms with van der Waals surface area (Å²) in [5.74, 6) is 0.717. The summed E-state index contributed by atoms with van der Waals surface area (Å²) in [4.78, 5) is 14.7. The molecule has 0 saturated heterocycles. The molecule has 1 amide bonds. The molecule has 0 aromatic heterocycles. The molecule has 0 aliphatic carbocycles. The highest BCUT2D eigenvalue weighted by Crippen LogP contribution is 2.24. The fourth-order valence-corrected chi connectivity index (χ4v) is 2.76. The Kier molecular flexibility index (Phi) is 7.29. The number of amides is 1. The third-order valence-corrected chi connectivity index (χ3v) is 3.95. The minimum absolute atomic E-state index is 0.170. The van der Waals surface area contributed by atoms with E-state index in [1.54, 1.807) is 18.2 Å². The Morgan fingerprint density at radius 3 is 2.60 bits per heavy atom. The summed E-state index contributed by atoms with van der Waals surface area (Å²) in [6.07, 6.45) is 0. The van der Waals surface area contributed by atoms with Crippen LogP contribution in [0.1, 0.15) is 22.8 Å². The first kappa shape index (κ1) is 19.3. The van der Waals surface area contributed by atoms with Gasteiger partial charge in [0.05, 0.1) is 5.56 Å². The van der Waals surface area contributed by atoms with Crippen LogP contribution in [0.25, 0.3) is 0 Å². The molecule has 5 heteroatoms. The van der Waals surface area contributed by atoms with Crippen molar-refractivity contribution in [2.75, 3.05) is 27.2 Å². The second-order valence-corrected chi connectivity index (χ2v) is 6.93. The van der Waals surface area contributed by atoms with Gasteiger partial charge >= 0.3 is 0 Å². The van der Waals surface area contributed by atoms with E-state index in [0.29, 0.717) is 35.4 Å². The van der Waals surface area contributed by atoms with Gasteiger partial charge in [0.25, 0.3) is 5.91 Å². The average Bonchev–Trinajstić information content (AvgIpc) is 2.59. The smallest absolute Gasteiger partial charge is 0.255 e. The number of hydrogen-bond donors (Lipinski definition) is 1. The van der Waals surface area contributed by atoms with Gasteiger partial charge in [-0.2, -0.15) is 0 Å². The Labute approximate surface area is 154 Å². The van der Waals surface area contributed by atoms with Crippen molar-refractivity contribution in [2.24, 2.45) is 5.92 Å². The summed E-state index contributed by atoms with van der Waals surface area (Å²) in [5, 5.41) is 3.48. The fourth-order valence-electron chi connectivity index (χ4n) is 2.59. The standard InChI is InChI=1S/C20H25ClN2O2/c1-15(13-23(2)3)12-22-20(24)18-11-17(21)9-10-19(18)25-14-16-7-5-4-6-8-16/h4-11,15H,12-14H2,1-3H3,(H,22,24). The zero-order valence-electron chi connectivity index (χ0n) is 15.0. The summed E-state index contributed by atoms with van der Waals surface area (Å²) in [5.41, 5.74) is 1.50. The third kappa shape index (κ3) is 6.40. The van der Waals surface area contributed by atoms with Gasteiger partial charge in [-0.05, 0) is 43.8 Å². The van der Waals surface area contributed by atoms with Crippen LogP contribution in [0.15, 0.2) is 48.5 Å². The molecule has 2 aromatic rings. The second kappa shape index (κ2) is 9.44. The molecular formula is C20H25ClN2O2. The molecule has 134 valence electrons. The molecule has 4 nitrogen and oxygen atoms in total. The molecule has 0 heterocycles. The highest BCUT2D eigenvalue weighted by Gasteiger charge is 2.15. The Hall–Kier alpha value is -2.04. The lowest BCUT2D eigenvalue weighted by atomic mass is 10.1. The molecule has 1 atom stereocenters. The van der Waals surface area contributed by atoms with Gasteiger partial charge in [-0.15, -0.1) is 0 Å². The van der Waals surface area contributed by atoms with Crippen molar-refractivity contribution in [3.05, 3.63) is 64.7 Å². The molecule has 0 fully saturated rings. The molecule has 1 N–H and O–H groups in total.